The van der Waals surface area contributed by atoms with Gasteiger partial charge in [0.1, 0.15) is 11.8 Å². The number of hydrogen-bond acceptors (Lipinski definition) is 5. The molecule has 2 aliphatic carbocycles. The molecule has 1 aromatic rings. The first-order valence-corrected chi connectivity index (χ1v) is 8.55. The summed E-state index contributed by atoms with van der Waals surface area (Å²) in [7, 11) is 0. The number of rotatable bonds is 4. The fourth-order valence-corrected chi connectivity index (χ4v) is 3.54. The average Bonchev–Trinajstić information content (AvgIpc) is 3.30. The smallest absolute Gasteiger partial charge is 0.274 e. The predicted octanol–water partition coefficient (Wildman–Crippen LogP) is 1.58. The summed E-state index contributed by atoms with van der Waals surface area (Å²) in [6.45, 7) is 3.83. The van der Waals surface area contributed by atoms with E-state index in [4.69, 9.17) is 9.47 Å². The van der Waals surface area contributed by atoms with Crippen LogP contribution < -0.4 is 0 Å². The molecular weight excluding hydrogens is 294 g/mol. The minimum Gasteiger partial charge on any atom is -0.374 e. The van der Waals surface area contributed by atoms with Crippen molar-refractivity contribution in [3.05, 3.63) is 23.8 Å². The minimum absolute atomic E-state index is 0.000424. The first kappa shape index (κ1) is 15.0. The van der Waals surface area contributed by atoms with E-state index in [9.17, 15) is 4.79 Å². The van der Waals surface area contributed by atoms with Crippen LogP contribution in [0.3, 0.4) is 0 Å². The van der Waals surface area contributed by atoms with Gasteiger partial charge in [-0.2, -0.15) is 0 Å². The molecule has 1 saturated heterocycles. The van der Waals surface area contributed by atoms with Crippen LogP contribution in [0.15, 0.2) is 12.4 Å². The van der Waals surface area contributed by atoms with E-state index in [0.29, 0.717) is 24.8 Å². The molecule has 0 aromatic carbocycles. The number of aromatic nitrogens is 2. The third-order valence-corrected chi connectivity index (χ3v) is 5.04. The average molecular weight is 317 g/mol. The zero-order valence-corrected chi connectivity index (χ0v) is 13.5. The van der Waals surface area contributed by atoms with Gasteiger partial charge in [-0.05, 0) is 38.5 Å². The quantitative estimate of drug-likeness (QED) is 0.843. The monoisotopic (exact) mass is 317 g/mol. The number of carbonyl (C=O) groups excluding carboxylic acids is 1. The molecule has 1 aromatic heterocycles. The lowest BCUT2D eigenvalue weighted by atomic mass is 10.1. The third-order valence-electron chi connectivity index (χ3n) is 5.04. The van der Waals surface area contributed by atoms with E-state index in [0.717, 1.165) is 25.1 Å². The zero-order valence-electron chi connectivity index (χ0n) is 13.5. The Labute approximate surface area is 136 Å². The van der Waals surface area contributed by atoms with Crippen LogP contribution in [-0.4, -0.2) is 58.8 Å². The van der Waals surface area contributed by atoms with Gasteiger partial charge in [-0.15, -0.1) is 0 Å². The molecule has 0 spiro atoms. The molecule has 2 bridgehead atoms. The maximum absolute atomic E-state index is 12.9. The second-order valence-corrected chi connectivity index (χ2v) is 6.84. The first-order chi connectivity index (χ1) is 11.2. The van der Waals surface area contributed by atoms with Gasteiger partial charge in [-0.3, -0.25) is 9.78 Å². The Bertz CT molecular complexity index is 573. The largest absolute Gasteiger partial charge is 0.374 e. The first-order valence-electron chi connectivity index (χ1n) is 8.55. The number of amides is 1. The van der Waals surface area contributed by atoms with E-state index in [-0.39, 0.29) is 24.2 Å². The predicted molar refractivity (Wildman–Crippen MR) is 83.0 cm³/mol. The van der Waals surface area contributed by atoms with E-state index >= 15 is 0 Å². The lowest BCUT2D eigenvalue weighted by Crippen LogP contribution is -2.47. The molecule has 3 atom stereocenters. The second-order valence-electron chi connectivity index (χ2n) is 6.84. The van der Waals surface area contributed by atoms with Gasteiger partial charge in [0.25, 0.3) is 5.91 Å². The van der Waals surface area contributed by atoms with Crippen LogP contribution in [0.5, 0.6) is 0 Å². The molecule has 2 saturated carbocycles. The lowest BCUT2D eigenvalue weighted by Gasteiger charge is -2.31. The molecule has 124 valence electrons. The normalized spacial score (nSPS) is 30.3. The van der Waals surface area contributed by atoms with Crippen molar-refractivity contribution in [3.63, 3.8) is 0 Å². The topological polar surface area (TPSA) is 64.6 Å². The summed E-state index contributed by atoms with van der Waals surface area (Å²) in [6.07, 6.45) is 7.76. The van der Waals surface area contributed by atoms with Gasteiger partial charge in [0.05, 0.1) is 30.6 Å². The number of carbonyl (C=O) groups is 1. The van der Waals surface area contributed by atoms with Crippen LogP contribution in [0.2, 0.25) is 0 Å². The van der Waals surface area contributed by atoms with Crippen molar-refractivity contribution in [1.82, 2.24) is 14.9 Å². The van der Waals surface area contributed by atoms with Crippen molar-refractivity contribution in [2.24, 2.45) is 5.92 Å². The molecule has 3 aliphatic rings. The number of aryl methyl sites for hydroxylation is 1. The molecule has 0 unspecified atom stereocenters. The van der Waals surface area contributed by atoms with Crippen LogP contribution in [-0.2, 0) is 9.47 Å². The molecule has 2 heterocycles. The highest BCUT2D eigenvalue weighted by molar-refractivity contribution is 5.92. The lowest BCUT2D eigenvalue weighted by molar-refractivity contribution is -0.0557. The molecule has 23 heavy (non-hydrogen) atoms. The standard InChI is InChI=1S/C17H23N3O3/c1-11-8-19-13(9-18-11)17(21)20-6-7-22-15-5-4-14(20)16(15)23-10-12-2-3-12/h8-9,12,14-16H,2-7,10H2,1H3/t14-,15-,16+/m0/s1. The molecule has 0 radical (unpaired) electrons. The van der Waals surface area contributed by atoms with Crippen molar-refractivity contribution in [1.29, 1.82) is 0 Å². The minimum atomic E-state index is -0.0614. The van der Waals surface area contributed by atoms with E-state index in [1.807, 2.05) is 11.8 Å². The summed E-state index contributed by atoms with van der Waals surface area (Å²) >= 11 is 0. The highest BCUT2D eigenvalue weighted by atomic mass is 16.5. The Hall–Kier alpha value is -1.53. The van der Waals surface area contributed by atoms with Crippen molar-refractivity contribution >= 4 is 5.91 Å². The number of fused-ring (bicyclic) bond motifs is 2. The van der Waals surface area contributed by atoms with Gasteiger partial charge >= 0.3 is 0 Å². The van der Waals surface area contributed by atoms with Crippen LogP contribution in [0, 0.1) is 12.8 Å². The summed E-state index contributed by atoms with van der Waals surface area (Å²) in [5, 5.41) is 0. The van der Waals surface area contributed by atoms with Crippen molar-refractivity contribution in [3.8, 4) is 0 Å². The summed E-state index contributed by atoms with van der Waals surface area (Å²) in [5.41, 5.74) is 1.22. The van der Waals surface area contributed by atoms with Crippen molar-refractivity contribution < 1.29 is 14.3 Å². The summed E-state index contributed by atoms with van der Waals surface area (Å²) in [6, 6.07) is 0.0943. The summed E-state index contributed by atoms with van der Waals surface area (Å²) in [4.78, 5) is 23.2. The Morgan fingerprint density at radius 1 is 1.30 bits per heavy atom. The molecular formula is C17H23N3O3. The number of ether oxygens (including phenoxy) is 2. The van der Waals surface area contributed by atoms with E-state index in [1.165, 1.54) is 12.8 Å². The van der Waals surface area contributed by atoms with Gasteiger partial charge in [0, 0.05) is 19.3 Å². The van der Waals surface area contributed by atoms with Gasteiger partial charge in [0.15, 0.2) is 0 Å². The van der Waals surface area contributed by atoms with Gasteiger partial charge in [0.2, 0.25) is 0 Å². The zero-order chi connectivity index (χ0) is 15.8. The van der Waals surface area contributed by atoms with E-state index in [1.54, 1.807) is 12.4 Å². The number of hydrogen-bond donors (Lipinski definition) is 0. The molecule has 1 aliphatic heterocycles. The molecule has 6 nitrogen and oxygen atoms in total. The fraction of sp³-hybridized carbons (Fsp3) is 0.706. The Morgan fingerprint density at radius 2 is 2.17 bits per heavy atom. The molecule has 1 amide bonds. The molecule has 6 heteroatoms. The van der Waals surface area contributed by atoms with Crippen molar-refractivity contribution in [2.75, 3.05) is 19.8 Å². The molecule has 4 rings (SSSR count). The van der Waals surface area contributed by atoms with Crippen LogP contribution in [0.25, 0.3) is 0 Å². The van der Waals surface area contributed by atoms with Crippen molar-refractivity contribution in [2.45, 2.75) is 50.9 Å². The van der Waals surface area contributed by atoms with E-state index in [2.05, 4.69) is 9.97 Å². The molecule has 0 N–H and O–H groups in total. The number of nitrogens with zero attached hydrogens (tertiary/aromatic N) is 3. The Balaban J connectivity index is 1.51. The maximum Gasteiger partial charge on any atom is 0.274 e. The van der Waals surface area contributed by atoms with Crippen LogP contribution >= 0.6 is 0 Å². The van der Waals surface area contributed by atoms with E-state index < -0.39 is 0 Å². The highest BCUT2D eigenvalue weighted by Crippen LogP contribution is 2.35. The summed E-state index contributed by atoms with van der Waals surface area (Å²) < 4.78 is 12.1. The van der Waals surface area contributed by atoms with Gasteiger partial charge in [-0.25, -0.2) is 4.98 Å². The SMILES string of the molecule is Cc1cnc(C(=O)N2CCO[C@H]3CC[C@H]2[C@H]3OCC2CC2)cn1. The second kappa shape index (κ2) is 6.17. The maximum atomic E-state index is 12.9. The summed E-state index contributed by atoms with van der Waals surface area (Å²) in [5.74, 6) is 0.651. The Morgan fingerprint density at radius 3 is 2.91 bits per heavy atom. The third kappa shape index (κ3) is 3.10. The van der Waals surface area contributed by atoms with Crippen LogP contribution in [0.1, 0.15) is 41.9 Å². The van der Waals surface area contributed by atoms with Gasteiger partial charge in [-0.1, -0.05) is 0 Å². The highest BCUT2D eigenvalue weighted by Gasteiger charge is 2.45. The fourth-order valence-electron chi connectivity index (χ4n) is 3.54. The van der Waals surface area contributed by atoms with Crippen LogP contribution in [0.4, 0.5) is 0 Å². The molecule has 3 fully saturated rings. The Kier molecular flexibility index (Phi) is 4.03. The van der Waals surface area contributed by atoms with Gasteiger partial charge < -0.3 is 14.4 Å².